The Hall–Kier alpha value is -2.79. The number of allylic oxidation sites excluding steroid dienone is 4. The lowest BCUT2D eigenvalue weighted by Gasteiger charge is -2.08. The maximum atomic E-state index is 8.72. The number of anilines is 1. The van der Waals surface area contributed by atoms with Crippen molar-refractivity contribution in [1.29, 1.82) is 5.26 Å². The summed E-state index contributed by atoms with van der Waals surface area (Å²) in [5.41, 5.74) is 2.69. The monoisotopic (exact) mass is 274 g/mol. The molecule has 0 heterocycles. The molecule has 0 aromatic heterocycles. The van der Waals surface area contributed by atoms with E-state index in [9.17, 15) is 0 Å². The highest BCUT2D eigenvalue weighted by Gasteiger charge is 1.97. The molecular weight excluding hydrogens is 256 g/mol. The maximum Gasteiger partial charge on any atom is 0.0940 e. The third-order valence-electron chi connectivity index (χ3n) is 3.20. The van der Waals surface area contributed by atoms with Gasteiger partial charge in [0.1, 0.15) is 0 Å². The predicted octanol–water partition coefficient (Wildman–Crippen LogP) is 5.18. The van der Waals surface area contributed by atoms with E-state index in [0.29, 0.717) is 6.42 Å². The summed E-state index contributed by atoms with van der Waals surface area (Å²) in [6.07, 6.45) is 6.40. The third kappa shape index (κ3) is 4.09. The first-order valence-electron chi connectivity index (χ1n) is 6.88. The molecule has 2 aromatic rings. The summed E-state index contributed by atoms with van der Waals surface area (Å²) >= 11 is 0. The standard InChI is InChI=1S/C19H18N2/c1-3-18(10-6-7-15(2)14-20)21-19-12-11-16-8-4-5-9-17(16)13-19/h3-5,7-13,21H,1,6H2,2H3/b15-7+,18-10+. The van der Waals surface area contributed by atoms with Crippen molar-refractivity contribution in [1.82, 2.24) is 0 Å². The van der Waals surface area contributed by atoms with Gasteiger partial charge in [0, 0.05) is 17.0 Å². The fourth-order valence-corrected chi connectivity index (χ4v) is 2.03. The average molecular weight is 274 g/mol. The van der Waals surface area contributed by atoms with E-state index >= 15 is 0 Å². The lowest BCUT2D eigenvalue weighted by molar-refractivity contribution is 1.29. The molecule has 0 saturated carbocycles. The highest BCUT2D eigenvalue weighted by molar-refractivity contribution is 5.85. The van der Waals surface area contributed by atoms with E-state index < -0.39 is 0 Å². The van der Waals surface area contributed by atoms with Gasteiger partial charge in [-0.2, -0.15) is 5.26 Å². The normalized spacial score (nSPS) is 12.0. The van der Waals surface area contributed by atoms with E-state index in [1.165, 1.54) is 10.8 Å². The van der Waals surface area contributed by atoms with Gasteiger partial charge >= 0.3 is 0 Å². The van der Waals surface area contributed by atoms with Gasteiger partial charge in [-0.3, -0.25) is 0 Å². The van der Waals surface area contributed by atoms with Gasteiger partial charge < -0.3 is 5.32 Å². The Morgan fingerprint density at radius 2 is 1.95 bits per heavy atom. The van der Waals surface area contributed by atoms with Gasteiger partial charge in [0.25, 0.3) is 0 Å². The Kier molecular flexibility index (Phi) is 4.95. The Morgan fingerprint density at radius 1 is 1.19 bits per heavy atom. The van der Waals surface area contributed by atoms with E-state index in [1.54, 1.807) is 13.0 Å². The first kappa shape index (κ1) is 14.6. The third-order valence-corrected chi connectivity index (χ3v) is 3.20. The zero-order valence-corrected chi connectivity index (χ0v) is 12.1. The van der Waals surface area contributed by atoms with Crippen LogP contribution in [0.25, 0.3) is 10.8 Å². The van der Waals surface area contributed by atoms with Crippen LogP contribution in [0.15, 0.2) is 78.5 Å². The van der Waals surface area contributed by atoms with Gasteiger partial charge in [-0.1, -0.05) is 49.1 Å². The van der Waals surface area contributed by atoms with Crippen LogP contribution in [0.2, 0.25) is 0 Å². The van der Waals surface area contributed by atoms with Crippen LogP contribution in [-0.2, 0) is 0 Å². The molecule has 0 atom stereocenters. The minimum Gasteiger partial charge on any atom is -0.356 e. The molecule has 2 nitrogen and oxygen atoms in total. The first-order chi connectivity index (χ1) is 10.2. The van der Waals surface area contributed by atoms with Crippen LogP contribution in [0.3, 0.4) is 0 Å². The van der Waals surface area contributed by atoms with Crippen LogP contribution in [-0.4, -0.2) is 0 Å². The van der Waals surface area contributed by atoms with Gasteiger partial charge in [-0.05, 0) is 42.3 Å². The van der Waals surface area contributed by atoms with Crippen molar-refractivity contribution >= 4 is 16.5 Å². The SMILES string of the molecule is C=C/C(=C\C/C=C(\C)C#N)Nc1ccc2ccccc2c1. The number of rotatable bonds is 5. The van der Waals surface area contributed by atoms with Gasteiger partial charge in [0.15, 0.2) is 0 Å². The second-order valence-corrected chi connectivity index (χ2v) is 4.79. The molecule has 0 fully saturated rings. The average Bonchev–Trinajstić information content (AvgIpc) is 2.53. The van der Waals surface area contributed by atoms with E-state index in [2.05, 4.69) is 48.3 Å². The second-order valence-electron chi connectivity index (χ2n) is 4.79. The first-order valence-corrected chi connectivity index (χ1v) is 6.88. The topological polar surface area (TPSA) is 35.8 Å². The fourth-order valence-electron chi connectivity index (χ4n) is 2.03. The van der Waals surface area contributed by atoms with Crippen molar-refractivity contribution in [3.05, 3.63) is 78.5 Å². The quantitative estimate of drug-likeness (QED) is 0.602. The van der Waals surface area contributed by atoms with Crippen molar-refractivity contribution in [2.75, 3.05) is 5.32 Å². The van der Waals surface area contributed by atoms with Crippen molar-refractivity contribution in [3.63, 3.8) is 0 Å². The second kappa shape index (κ2) is 7.12. The van der Waals surface area contributed by atoms with Crippen molar-refractivity contribution in [2.24, 2.45) is 0 Å². The van der Waals surface area contributed by atoms with Crippen LogP contribution >= 0.6 is 0 Å². The molecule has 0 bridgehead atoms. The van der Waals surface area contributed by atoms with Crippen LogP contribution in [0.1, 0.15) is 13.3 Å². The van der Waals surface area contributed by atoms with Crippen molar-refractivity contribution < 1.29 is 0 Å². The zero-order valence-electron chi connectivity index (χ0n) is 12.1. The Labute approximate surface area is 125 Å². The predicted molar refractivity (Wildman–Crippen MR) is 89.8 cm³/mol. The molecule has 0 spiro atoms. The summed E-state index contributed by atoms with van der Waals surface area (Å²) in [6.45, 7) is 5.62. The molecule has 2 heteroatoms. The summed E-state index contributed by atoms with van der Waals surface area (Å²) < 4.78 is 0. The van der Waals surface area contributed by atoms with E-state index in [1.807, 2.05) is 24.3 Å². The molecule has 2 aromatic carbocycles. The molecule has 0 saturated heterocycles. The largest absolute Gasteiger partial charge is 0.356 e. The zero-order chi connectivity index (χ0) is 15.1. The summed E-state index contributed by atoms with van der Waals surface area (Å²) in [4.78, 5) is 0. The Morgan fingerprint density at radius 3 is 2.67 bits per heavy atom. The number of hydrogen-bond donors (Lipinski definition) is 1. The highest BCUT2D eigenvalue weighted by atomic mass is 14.9. The summed E-state index contributed by atoms with van der Waals surface area (Å²) in [7, 11) is 0. The lowest BCUT2D eigenvalue weighted by atomic mass is 10.1. The molecule has 1 N–H and O–H groups in total. The molecule has 0 aliphatic carbocycles. The minimum absolute atomic E-state index is 0.710. The lowest BCUT2D eigenvalue weighted by Crippen LogP contribution is -1.96. The molecule has 0 aliphatic heterocycles. The molecule has 104 valence electrons. The maximum absolute atomic E-state index is 8.72. The molecule has 0 unspecified atom stereocenters. The van der Waals surface area contributed by atoms with E-state index in [4.69, 9.17) is 5.26 Å². The molecule has 0 aliphatic rings. The highest BCUT2D eigenvalue weighted by Crippen LogP contribution is 2.20. The number of nitriles is 1. The Bertz CT molecular complexity index is 745. The molecule has 21 heavy (non-hydrogen) atoms. The molecule has 0 amide bonds. The summed E-state index contributed by atoms with van der Waals surface area (Å²) in [5.74, 6) is 0. The van der Waals surface area contributed by atoms with Crippen molar-refractivity contribution in [3.8, 4) is 6.07 Å². The van der Waals surface area contributed by atoms with Gasteiger partial charge in [0.05, 0.1) is 6.07 Å². The summed E-state index contributed by atoms with van der Waals surface area (Å²) in [6, 6.07) is 16.6. The van der Waals surface area contributed by atoms with Gasteiger partial charge in [0.2, 0.25) is 0 Å². The van der Waals surface area contributed by atoms with Crippen LogP contribution in [0.5, 0.6) is 0 Å². The number of hydrogen-bond acceptors (Lipinski definition) is 2. The number of nitrogens with zero attached hydrogens (tertiary/aromatic N) is 1. The fraction of sp³-hybridized carbons (Fsp3) is 0.105. The van der Waals surface area contributed by atoms with Crippen LogP contribution < -0.4 is 5.32 Å². The minimum atomic E-state index is 0.710. The number of fused-ring (bicyclic) bond motifs is 1. The number of benzene rings is 2. The number of nitrogens with one attached hydrogen (secondary N) is 1. The molecule has 0 radical (unpaired) electrons. The van der Waals surface area contributed by atoms with Gasteiger partial charge in [-0.25, -0.2) is 0 Å². The Balaban J connectivity index is 2.15. The van der Waals surface area contributed by atoms with Gasteiger partial charge in [-0.15, -0.1) is 0 Å². The molecular formula is C19H18N2. The van der Waals surface area contributed by atoms with E-state index in [-0.39, 0.29) is 0 Å². The summed E-state index contributed by atoms with van der Waals surface area (Å²) in [5, 5.41) is 14.5. The van der Waals surface area contributed by atoms with Crippen LogP contribution in [0, 0.1) is 11.3 Å². The van der Waals surface area contributed by atoms with E-state index in [0.717, 1.165) is 17.0 Å². The van der Waals surface area contributed by atoms with Crippen molar-refractivity contribution in [2.45, 2.75) is 13.3 Å². The molecule has 2 rings (SSSR count). The smallest absolute Gasteiger partial charge is 0.0940 e. The van der Waals surface area contributed by atoms with Crippen LogP contribution in [0.4, 0.5) is 5.69 Å².